The number of anilines is 1. The first-order valence-electron chi connectivity index (χ1n) is 6.11. The number of nitrogens with two attached hydrogens (primary N) is 2. The number of rotatable bonds is 7. The van der Waals surface area contributed by atoms with Crippen LogP contribution < -0.4 is 21.5 Å². The summed E-state index contributed by atoms with van der Waals surface area (Å²) in [6.45, 7) is 2.00. The first-order valence-corrected chi connectivity index (χ1v) is 6.11. The van der Waals surface area contributed by atoms with Gasteiger partial charge in [0.15, 0.2) is 0 Å². The quantitative estimate of drug-likeness (QED) is 0.671. The van der Waals surface area contributed by atoms with E-state index in [-0.39, 0.29) is 18.9 Å². The Morgan fingerprint density at radius 2 is 2.05 bits per heavy atom. The number of ether oxygens (including phenoxy) is 1. The topological polar surface area (TPSA) is 107 Å². The number of carbonyl (C=O) groups is 2. The van der Waals surface area contributed by atoms with Gasteiger partial charge in [0, 0.05) is 0 Å². The highest BCUT2D eigenvalue weighted by Crippen LogP contribution is 2.24. The molecule has 0 fully saturated rings. The number of primary amides is 1. The molecule has 0 aliphatic rings. The lowest BCUT2D eigenvalue weighted by molar-refractivity contribution is -0.119. The molecule has 1 aromatic rings. The number of benzene rings is 1. The summed E-state index contributed by atoms with van der Waals surface area (Å²) < 4.78 is 5.41. The molecule has 0 aliphatic carbocycles. The second-order valence-corrected chi connectivity index (χ2v) is 4.06. The molecular formula is C13H19N3O3. The zero-order chi connectivity index (χ0) is 14.3. The van der Waals surface area contributed by atoms with Gasteiger partial charge in [0.25, 0.3) is 0 Å². The molecular weight excluding hydrogens is 246 g/mol. The molecule has 0 radical (unpaired) electrons. The molecule has 1 rings (SSSR count). The Balaban J connectivity index is 2.67. The highest BCUT2D eigenvalue weighted by Gasteiger charge is 2.13. The second kappa shape index (κ2) is 7.38. The average molecular weight is 265 g/mol. The van der Waals surface area contributed by atoms with Gasteiger partial charge in [-0.15, -0.1) is 0 Å². The van der Waals surface area contributed by atoms with Gasteiger partial charge in [0.2, 0.25) is 11.8 Å². The van der Waals surface area contributed by atoms with Gasteiger partial charge in [-0.05, 0) is 18.6 Å². The van der Waals surface area contributed by atoms with Crippen molar-refractivity contribution in [3.8, 4) is 5.75 Å². The Bertz CT molecular complexity index is 449. The monoisotopic (exact) mass is 265 g/mol. The first-order chi connectivity index (χ1) is 9.04. The number of hydrogen-bond acceptors (Lipinski definition) is 4. The minimum atomic E-state index is -0.557. The van der Waals surface area contributed by atoms with E-state index < -0.39 is 11.9 Å². The standard InChI is InChI=1S/C13H19N3O3/c1-2-9(14)13(18)16-10-5-3-4-6-11(10)19-8-7-12(15)17/h3-6,9H,2,7-8,14H2,1H3,(H2,15,17)(H,16,18)/t9-/m1/s1. The van der Waals surface area contributed by atoms with Gasteiger partial charge in [-0.1, -0.05) is 19.1 Å². The van der Waals surface area contributed by atoms with Gasteiger partial charge in [-0.3, -0.25) is 9.59 Å². The van der Waals surface area contributed by atoms with Crippen molar-refractivity contribution in [1.82, 2.24) is 0 Å². The molecule has 0 bridgehead atoms. The Labute approximate surface area is 112 Å². The number of carbonyl (C=O) groups excluding carboxylic acids is 2. The Morgan fingerprint density at radius 3 is 2.68 bits per heavy atom. The highest BCUT2D eigenvalue weighted by atomic mass is 16.5. The van der Waals surface area contributed by atoms with E-state index in [1.54, 1.807) is 24.3 Å². The average Bonchev–Trinajstić information content (AvgIpc) is 2.39. The summed E-state index contributed by atoms with van der Waals surface area (Å²) in [6, 6.07) is 6.40. The minimum Gasteiger partial charge on any atom is -0.491 e. The molecule has 19 heavy (non-hydrogen) atoms. The number of nitrogens with one attached hydrogen (secondary N) is 1. The van der Waals surface area contributed by atoms with Crippen molar-refractivity contribution >= 4 is 17.5 Å². The summed E-state index contributed by atoms with van der Waals surface area (Å²) in [7, 11) is 0. The van der Waals surface area contributed by atoms with Crippen molar-refractivity contribution in [3.63, 3.8) is 0 Å². The van der Waals surface area contributed by atoms with Crippen LogP contribution in [0.15, 0.2) is 24.3 Å². The van der Waals surface area contributed by atoms with Gasteiger partial charge < -0.3 is 21.5 Å². The largest absolute Gasteiger partial charge is 0.491 e. The smallest absolute Gasteiger partial charge is 0.241 e. The summed E-state index contributed by atoms with van der Waals surface area (Å²) in [5.74, 6) is -0.219. The Kier molecular flexibility index (Phi) is 5.81. The van der Waals surface area contributed by atoms with E-state index in [2.05, 4.69) is 5.32 Å². The van der Waals surface area contributed by atoms with Crippen LogP contribution in [0.5, 0.6) is 5.75 Å². The normalized spacial score (nSPS) is 11.7. The number of para-hydroxylation sites is 2. The SMILES string of the molecule is CC[C@@H](N)C(=O)Nc1ccccc1OCCC(N)=O. The third-order valence-electron chi connectivity index (χ3n) is 2.53. The molecule has 5 N–H and O–H groups in total. The lowest BCUT2D eigenvalue weighted by Gasteiger charge is -2.14. The minimum absolute atomic E-state index is 0.122. The zero-order valence-electron chi connectivity index (χ0n) is 10.9. The Hall–Kier alpha value is -2.08. The van der Waals surface area contributed by atoms with E-state index in [4.69, 9.17) is 16.2 Å². The molecule has 1 aromatic carbocycles. The van der Waals surface area contributed by atoms with Crippen molar-refractivity contribution in [2.45, 2.75) is 25.8 Å². The highest BCUT2D eigenvalue weighted by molar-refractivity contribution is 5.95. The van der Waals surface area contributed by atoms with Crippen LogP contribution in [0.2, 0.25) is 0 Å². The third-order valence-corrected chi connectivity index (χ3v) is 2.53. The van der Waals surface area contributed by atoms with Crippen molar-refractivity contribution in [2.75, 3.05) is 11.9 Å². The fourth-order valence-electron chi connectivity index (χ4n) is 1.37. The zero-order valence-corrected chi connectivity index (χ0v) is 10.9. The van der Waals surface area contributed by atoms with E-state index in [1.165, 1.54) is 0 Å². The fourth-order valence-corrected chi connectivity index (χ4v) is 1.37. The maximum atomic E-state index is 11.7. The lowest BCUT2D eigenvalue weighted by Crippen LogP contribution is -2.34. The summed E-state index contributed by atoms with van der Waals surface area (Å²) in [6.07, 6.45) is 0.674. The van der Waals surface area contributed by atoms with Crippen LogP contribution in [0.1, 0.15) is 19.8 Å². The fraction of sp³-hybridized carbons (Fsp3) is 0.385. The van der Waals surface area contributed by atoms with E-state index in [1.807, 2.05) is 6.92 Å². The summed E-state index contributed by atoms with van der Waals surface area (Å²) >= 11 is 0. The number of hydrogen-bond donors (Lipinski definition) is 3. The van der Waals surface area contributed by atoms with Crippen LogP contribution in [0.25, 0.3) is 0 Å². The first kappa shape index (κ1) is 15.0. The second-order valence-electron chi connectivity index (χ2n) is 4.06. The van der Waals surface area contributed by atoms with E-state index in [0.29, 0.717) is 17.9 Å². The third kappa shape index (κ3) is 4.97. The van der Waals surface area contributed by atoms with Crippen LogP contribution in [-0.4, -0.2) is 24.5 Å². The maximum absolute atomic E-state index is 11.7. The molecule has 6 nitrogen and oxygen atoms in total. The summed E-state index contributed by atoms with van der Waals surface area (Å²) in [5, 5.41) is 2.69. The van der Waals surface area contributed by atoms with Gasteiger partial charge in [0.05, 0.1) is 24.8 Å². The molecule has 6 heteroatoms. The van der Waals surface area contributed by atoms with Crippen molar-refractivity contribution in [2.24, 2.45) is 11.5 Å². The molecule has 0 saturated carbocycles. The molecule has 0 aliphatic heterocycles. The van der Waals surface area contributed by atoms with Gasteiger partial charge in [-0.25, -0.2) is 0 Å². The van der Waals surface area contributed by atoms with Crippen molar-refractivity contribution in [1.29, 1.82) is 0 Å². The van der Waals surface area contributed by atoms with E-state index in [0.717, 1.165) is 0 Å². The lowest BCUT2D eigenvalue weighted by atomic mass is 10.2. The number of amides is 2. The van der Waals surface area contributed by atoms with Crippen LogP contribution in [0, 0.1) is 0 Å². The predicted octanol–water partition coefficient (Wildman–Crippen LogP) is 0.617. The molecule has 0 aromatic heterocycles. The molecule has 1 atom stereocenters. The molecule has 2 amide bonds. The summed E-state index contributed by atoms with van der Waals surface area (Å²) in [4.78, 5) is 22.3. The molecule has 0 spiro atoms. The molecule has 0 heterocycles. The predicted molar refractivity (Wildman–Crippen MR) is 72.6 cm³/mol. The molecule has 0 unspecified atom stereocenters. The van der Waals surface area contributed by atoms with Gasteiger partial charge in [-0.2, -0.15) is 0 Å². The van der Waals surface area contributed by atoms with E-state index >= 15 is 0 Å². The van der Waals surface area contributed by atoms with Crippen LogP contribution >= 0.6 is 0 Å². The van der Waals surface area contributed by atoms with Crippen molar-refractivity contribution in [3.05, 3.63) is 24.3 Å². The van der Waals surface area contributed by atoms with Gasteiger partial charge >= 0.3 is 0 Å². The van der Waals surface area contributed by atoms with Gasteiger partial charge in [0.1, 0.15) is 5.75 Å². The van der Waals surface area contributed by atoms with Crippen molar-refractivity contribution < 1.29 is 14.3 Å². The molecule has 0 saturated heterocycles. The van der Waals surface area contributed by atoms with Crippen LogP contribution in [-0.2, 0) is 9.59 Å². The summed E-state index contributed by atoms with van der Waals surface area (Å²) in [5.41, 5.74) is 11.2. The van der Waals surface area contributed by atoms with Crippen LogP contribution in [0.3, 0.4) is 0 Å². The maximum Gasteiger partial charge on any atom is 0.241 e. The van der Waals surface area contributed by atoms with E-state index in [9.17, 15) is 9.59 Å². The van der Waals surface area contributed by atoms with Crippen LogP contribution in [0.4, 0.5) is 5.69 Å². The Morgan fingerprint density at radius 1 is 1.37 bits per heavy atom. The molecule has 104 valence electrons.